The smallest absolute Gasteiger partial charge is 0.408 e. The maximum atomic E-state index is 6.85. The zero-order valence-corrected chi connectivity index (χ0v) is 25.5. The van der Waals surface area contributed by atoms with Gasteiger partial charge in [-0.1, -0.05) is 114 Å². The molecule has 0 atom stereocenters. The molecule has 3 saturated carbocycles. The van der Waals surface area contributed by atoms with E-state index in [-0.39, 0.29) is 16.2 Å². The van der Waals surface area contributed by atoms with Gasteiger partial charge in [0.05, 0.1) is 0 Å². The molecule has 3 aliphatic carbocycles. The molecule has 0 spiro atoms. The van der Waals surface area contributed by atoms with Gasteiger partial charge in [-0.25, -0.2) is 0 Å². The first kappa shape index (κ1) is 27.6. The molecule has 0 amide bonds. The monoisotopic (exact) mass is 556 g/mol. The number of para-hydroxylation sites is 3. The molecule has 0 unspecified atom stereocenters. The average molecular weight is 557 g/mol. The Hall–Kier alpha value is -2.51. The Balaban J connectivity index is 1.37. The Bertz CT molecular complexity index is 1140. The van der Waals surface area contributed by atoms with Crippen LogP contribution in [-0.4, -0.2) is 0 Å². The molecule has 212 valence electrons. The van der Waals surface area contributed by atoms with Gasteiger partial charge in [0.2, 0.25) is 0 Å². The molecule has 0 N–H and O–H groups in total. The molecule has 3 fully saturated rings. The number of benzene rings is 3. The van der Waals surface area contributed by atoms with Crippen molar-refractivity contribution in [3.63, 3.8) is 0 Å². The Morgan fingerprint density at radius 3 is 0.950 bits per heavy atom. The fourth-order valence-corrected chi connectivity index (χ4v) is 8.78. The second kappa shape index (κ2) is 11.4. The summed E-state index contributed by atoms with van der Waals surface area (Å²) >= 11 is 0. The van der Waals surface area contributed by atoms with E-state index in [1.807, 2.05) is 0 Å². The summed E-state index contributed by atoms with van der Waals surface area (Å²) in [4.78, 5) is 0. The SMILES string of the molecule is CC1(c2ccccc2OP(Oc2ccccc2C2(C)CCCC2)Oc2ccccc2C2(C)CCCC2)CCCC1. The largest absolute Gasteiger partial charge is 0.530 e. The van der Waals surface area contributed by atoms with Crippen molar-refractivity contribution in [1.29, 1.82) is 0 Å². The number of rotatable bonds is 9. The van der Waals surface area contributed by atoms with Gasteiger partial charge in [-0.15, -0.1) is 0 Å². The van der Waals surface area contributed by atoms with Crippen molar-refractivity contribution in [2.45, 2.75) is 114 Å². The van der Waals surface area contributed by atoms with E-state index >= 15 is 0 Å². The van der Waals surface area contributed by atoms with Crippen molar-refractivity contribution in [1.82, 2.24) is 0 Å². The van der Waals surface area contributed by atoms with E-state index in [9.17, 15) is 0 Å². The minimum Gasteiger partial charge on any atom is -0.408 e. The maximum absolute atomic E-state index is 6.85. The highest BCUT2D eigenvalue weighted by Crippen LogP contribution is 2.53. The zero-order valence-electron chi connectivity index (χ0n) is 24.6. The molecule has 0 saturated heterocycles. The summed E-state index contributed by atoms with van der Waals surface area (Å²) in [5.74, 6) is 2.69. The molecule has 4 heteroatoms. The second-order valence-corrected chi connectivity index (χ2v) is 14.3. The molecule has 6 rings (SSSR count). The summed E-state index contributed by atoms with van der Waals surface area (Å²) in [6, 6.07) is 25.7. The standard InChI is InChI=1S/C36H45O3P/c1-34(22-10-11-23-34)28-16-4-7-19-31(28)37-40(38-32-20-8-5-17-29(32)35(2)24-12-13-25-35)39-33-21-9-6-18-30(33)36(3)26-14-15-27-36/h4-9,16-21H,10-15,22-27H2,1-3H3. The summed E-state index contributed by atoms with van der Waals surface area (Å²) in [5.41, 5.74) is 4.21. The van der Waals surface area contributed by atoms with Crippen molar-refractivity contribution in [2.75, 3.05) is 0 Å². The Kier molecular flexibility index (Phi) is 7.88. The molecular formula is C36H45O3P. The average Bonchev–Trinajstić information content (AvgIpc) is 3.72. The van der Waals surface area contributed by atoms with Crippen LogP contribution in [0.2, 0.25) is 0 Å². The Morgan fingerprint density at radius 2 is 0.675 bits per heavy atom. The lowest BCUT2D eigenvalue weighted by Crippen LogP contribution is -2.20. The van der Waals surface area contributed by atoms with Gasteiger partial charge in [-0.05, 0) is 73.0 Å². The highest BCUT2D eigenvalue weighted by molar-refractivity contribution is 7.43. The van der Waals surface area contributed by atoms with Crippen LogP contribution in [0.1, 0.15) is 115 Å². The predicted octanol–water partition coefficient (Wildman–Crippen LogP) is 10.9. The Morgan fingerprint density at radius 1 is 0.425 bits per heavy atom. The van der Waals surface area contributed by atoms with Crippen molar-refractivity contribution < 1.29 is 13.6 Å². The first-order valence-electron chi connectivity index (χ1n) is 15.5. The van der Waals surface area contributed by atoms with Crippen LogP contribution < -0.4 is 13.6 Å². The van der Waals surface area contributed by atoms with E-state index in [1.165, 1.54) is 93.7 Å². The predicted molar refractivity (Wildman–Crippen MR) is 166 cm³/mol. The normalized spacial score (nSPS) is 21.0. The highest BCUT2D eigenvalue weighted by Gasteiger charge is 2.38. The van der Waals surface area contributed by atoms with Crippen LogP contribution in [0.25, 0.3) is 0 Å². The summed E-state index contributed by atoms with van der Waals surface area (Å²) in [6.45, 7) is 7.16. The molecule has 0 radical (unpaired) electrons. The third kappa shape index (κ3) is 5.52. The molecule has 3 aliphatic rings. The zero-order chi connectivity index (χ0) is 27.6. The van der Waals surface area contributed by atoms with E-state index < -0.39 is 8.60 Å². The minimum atomic E-state index is -1.75. The molecule has 0 aliphatic heterocycles. The lowest BCUT2D eigenvalue weighted by atomic mass is 9.80. The van der Waals surface area contributed by atoms with Crippen LogP contribution in [0.5, 0.6) is 17.2 Å². The van der Waals surface area contributed by atoms with Crippen molar-refractivity contribution in [3.05, 3.63) is 89.5 Å². The van der Waals surface area contributed by atoms with Gasteiger partial charge in [-0.3, -0.25) is 0 Å². The van der Waals surface area contributed by atoms with Crippen LogP contribution in [-0.2, 0) is 16.2 Å². The molecule has 0 bridgehead atoms. The van der Waals surface area contributed by atoms with Crippen LogP contribution in [0, 0.1) is 0 Å². The highest BCUT2D eigenvalue weighted by atomic mass is 31.2. The third-order valence-electron chi connectivity index (χ3n) is 10.3. The number of hydrogen-bond donors (Lipinski definition) is 0. The van der Waals surface area contributed by atoms with Crippen molar-refractivity contribution >= 4 is 8.60 Å². The number of hydrogen-bond acceptors (Lipinski definition) is 3. The first-order chi connectivity index (χ1) is 19.4. The topological polar surface area (TPSA) is 27.7 Å². The van der Waals surface area contributed by atoms with Crippen molar-refractivity contribution in [3.8, 4) is 17.2 Å². The van der Waals surface area contributed by atoms with Gasteiger partial charge < -0.3 is 13.6 Å². The summed E-state index contributed by atoms with van der Waals surface area (Å²) in [7, 11) is -1.75. The van der Waals surface area contributed by atoms with Gasteiger partial charge in [0.25, 0.3) is 0 Å². The van der Waals surface area contributed by atoms with E-state index in [0.29, 0.717) is 0 Å². The molecule has 3 aromatic carbocycles. The van der Waals surface area contributed by atoms with Gasteiger partial charge in [0.1, 0.15) is 17.2 Å². The summed E-state index contributed by atoms with van der Waals surface area (Å²) in [6.07, 6.45) is 14.7. The van der Waals surface area contributed by atoms with Gasteiger partial charge >= 0.3 is 8.60 Å². The quantitative estimate of drug-likeness (QED) is 0.245. The van der Waals surface area contributed by atoms with E-state index in [4.69, 9.17) is 13.6 Å². The lowest BCUT2D eigenvalue weighted by molar-refractivity contribution is 0.363. The molecule has 0 aromatic heterocycles. The van der Waals surface area contributed by atoms with E-state index in [0.717, 1.165) is 17.2 Å². The van der Waals surface area contributed by atoms with Crippen LogP contribution in [0.4, 0.5) is 0 Å². The second-order valence-electron chi connectivity index (χ2n) is 13.3. The third-order valence-corrected chi connectivity index (χ3v) is 11.3. The molecule has 0 heterocycles. The van der Waals surface area contributed by atoms with E-state index in [2.05, 4.69) is 93.6 Å². The van der Waals surface area contributed by atoms with Crippen LogP contribution >= 0.6 is 8.60 Å². The van der Waals surface area contributed by atoms with Gasteiger partial charge in [-0.2, -0.15) is 0 Å². The molecule has 40 heavy (non-hydrogen) atoms. The fraction of sp³-hybridized carbons (Fsp3) is 0.500. The molecule has 3 aromatic rings. The van der Waals surface area contributed by atoms with Gasteiger partial charge in [0.15, 0.2) is 0 Å². The lowest BCUT2D eigenvalue weighted by Gasteiger charge is -2.31. The first-order valence-corrected chi connectivity index (χ1v) is 16.6. The van der Waals surface area contributed by atoms with E-state index in [1.54, 1.807) is 0 Å². The molecule has 3 nitrogen and oxygen atoms in total. The van der Waals surface area contributed by atoms with Gasteiger partial charge in [0, 0.05) is 16.7 Å². The van der Waals surface area contributed by atoms with Crippen LogP contribution in [0.3, 0.4) is 0 Å². The van der Waals surface area contributed by atoms with Crippen molar-refractivity contribution in [2.24, 2.45) is 0 Å². The molecular weight excluding hydrogens is 511 g/mol. The maximum Gasteiger partial charge on any atom is 0.530 e. The summed E-state index contributed by atoms with van der Waals surface area (Å²) in [5, 5.41) is 0. The summed E-state index contributed by atoms with van der Waals surface area (Å²) < 4.78 is 20.6. The van der Waals surface area contributed by atoms with Crippen LogP contribution in [0.15, 0.2) is 72.8 Å². The Labute approximate surface area is 242 Å². The minimum absolute atomic E-state index is 0.127. The fourth-order valence-electron chi connectivity index (χ4n) is 7.71.